The highest BCUT2D eigenvalue weighted by atomic mass is 79.9. The number of methoxy groups -OCH3 is 1. The number of carbonyl (C=O) groups excluding carboxylic acids is 1. The molecule has 0 aliphatic heterocycles. The number of carbonyl (C=O) groups is 1. The van der Waals surface area contributed by atoms with E-state index in [4.69, 9.17) is 18.6 Å². The number of furan rings is 1. The zero-order valence-electron chi connectivity index (χ0n) is 16.0. The van der Waals surface area contributed by atoms with Gasteiger partial charge in [-0.25, -0.2) is 17.5 Å². The van der Waals surface area contributed by atoms with Crippen molar-refractivity contribution in [2.75, 3.05) is 27.8 Å². The topological polar surface area (TPSA) is 95.3 Å². The molecule has 1 heterocycles. The van der Waals surface area contributed by atoms with Crippen molar-refractivity contribution in [3.05, 3.63) is 40.1 Å². The van der Waals surface area contributed by atoms with Crippen molar-refractivity contribution >= 4 is 31.9 Å². The fourth-order valence-corrected chi connectivity index (χ4v) is 3.53. The third-order valence-electron chi connectivity index (χ3n) is 3.63. The molecule has 0 saturated carbocycles. The Balaban J connectivity index is 2.12. The molecule has 0 aliphatic rings. The van der Waals surface area contributed by atoms with E-state index in [1.807, 2.05) is 6.92 Å². The van der Waals surface area contributed by atoms with Crippen LogP contribution in [0.25, 0.3) is 0 Å². The summed E-state index contributed by atoms with van der Waals surface area (Å²) in [7, 11) is 0.592. The molecule has 0 radical (unpaired) electrons. The van der Waals surface area contributed by atoms with Crippen molar-refractivity contribution in [3.63, 3.8) is 0 Å². The molecule has 0 N–H and O–H groups in total. The number of sulfonamides is 1. The molecule has 0 aliphatic carbocycles. The van der Waals surface area contributed by atoms with E-state index >= 15 is 0 Å². The largest absolute Gasteiger partial charge is 0.493 e. The van der Waals surface area contributed by atoms with Gasteiger partial charge < -0.3 is 18.6 Å². The summed E-state index contributed by atoms with van der Waals surface area (Å²) in [5.41, 5.74) is 0.250. The van der Waals surface area contributed by atoms with Gasteiger partial charge in [-0.05, 0) is 46.6 Å². The van der Waals surface area contributed by atoms with Gasteiger partial charge in [-0.2, -0.15) is 0 Å². The predicted octanol–water partition coefficient (Wildman–Crippen LogP) is 3.45. The molecule has 0 fully saturated rings. The lowest BCUT2D eigenvalue weighted by Crippen LogP contribution is -2.21. The molecule has 1 aromatic heterocycles. The van der Waals surface area contributed by atoms with Gasteiger partial charge in [0.15, 0.2) is 11.5 Å². The van der Waals surface area contributed by atoms with Gasteiger partial charge in [0.1, 0.15) is 12.4 Å². The molecule has 10 heteroatoms. The van der Waals surface area contributed by atoms with Crippen LogP contribution in [-0.4, -0.2) is 46.5 Å². The summed E-state index contributed by atoms with van der Waals surface area (Å²) < 4.78 is 47.0. The highest BCUT2D eigenvalue weighted by molar-refractivity contribution is 9.10. The lowest BCUT2D eigenvalue weighted by atomic mass is 10.2. The molecule has 154 valence electrons. The van der Waals surface area contributed by atoms with Gasteiger partial charge >= 0.3 is 5.97 Å². The number of hydrogen-bond donors (Lipinski definition) is 0. The SMILES string of the molecule is CCCOc1c(Br)cc(C(=O)OCc2ccc(S(=O)(=O)N(C)C)o2)cc1OC. The Kier molecular flexibility index (Phi) is 7.50. The first-order valence-corrected chi connectivity index (χ1v) is 10.6. The first-order chi connectivity index (χ1) is 13.2. The fraction of sp³-hybridized carbons (Fsp3) is 0.389. The zero-order valence-corrected chi connectivity index (χ0v) is 18.4. The van der Waals surface area contributed by atoms with Crippen molar-refractivity contribution in [3.8, 4) is 11.5 Å². The van der Waals surface area contributed by atoms with Crippen LogP contribution in [0.15, 0.2) is 38.2 Å². The van der Waals surface area contributed by atoms with Gasteiger partial charge in [0.05, 0.1) is 23.8 Å². The van der Waals surface area contributed by atoms with Crippen LogP contribution in [0, 0.1) is 0 Å². The first kappa shape index (κ1) is 22.3. The van der Waals surface area contributed by atoms with E-state index in [-0.39, 0.29) is 23.0 Å². The van der Waals surface area contributed by atoms with E-state index in [2.05, 4.69) is 15.9 Å². The van der Waals surface area contributed by atoms with E-state index in [1.54, 1.807) is 6.07 Å². The zero-order chi connectivity index (χ0) is 20.9. The predicted molar refractivity (Wildman–Crippen MR) is 105 cm³/mol. The molecule has 0 atom stereocenters. The summed E-state index contributed by atoms with van der Waals surface area (Å²) in [5, 5.41) is -0.217. The second kappa shape index (κ2) is 9.44. The number of esters is 1. The Morgan fingerprint density at radius 3 is 2.57 bits per heavy atom. The van der Waals surface area contributed by atoms with E-state index < -0.39 is 16.0 Å². The van der Waals surface area contributed by atoms with Gasteiger partial charge in [0, 0.05) is 14.1 Å². The van der Waals surface area contributed by atoms with Crippen LogP contribution in [0.1, 0.15) is 29.5 Å². The lowest BCUT2D eigenvalue weighted by Gasteiger charge is -2.13. The van der Waals surface area contributed by atoms with Gasteiger partial charge in [0.25, 0.3) is 10.0 Å². The molecule has 0 bridgehead atoms. The van der Waals surface area contributed by atoms with Crippen LogP contribution in [0.4, 0.5) is 0 Å². The number of benzene rings is 1. The van der Waals surface area contributed by atoms with Gasteiger partial charge in [-0.3, -0.25) is 0 Å². The number of halogens is 1. The molecule has 2 aromatic rings. The number of ether oxygens (including phenoxy) is 3. The highest BCUT2D eigenvalue weighted by Gasteiger charge is 2.22. The Labute approximate surface area is 172 Å². The molecule has 28 heavy (non-hydrogen) atoms. The maximum Gasteiger partial charge on any atom is 0.338 e. The van der Waals surface area contributed by atoms with Crippen LogP contribution >= 0.6 is 15.9 Å². The van der Waals surface area contributed by atoms with Crippen LogP contribution in [-0.2, 0) is 21.4 Å². The van der Waals surface area contributed by atoms with E-state index in [0.717, 1.165) is 10.7 Å². The van der Waals surface area contributed by atoms with Gasteiger partial charge in [-0.1, -0.05) is 6.92 Å². The molecule has 0 unspecified atom stereocenters. The summed E-state index contributed by atoms with van der Waals surface area (Å²) in [5.74, 6) is 0.495. The van der Waals surface area contributed by atoms with E-state index in [0.29, 0.717) is 22.6 Å². The summed E-state index contributed by atoms with van der Waals surface area (Å²) in [6.07, 6.45) is 0.827. The standard InChI is InChI=1S/C18H22BrNO7S/c1-5-8-25-17-14(19)9-12(10-15(17)24-4)18(21)26-11-13-6-7-16(27-13)28(22,23)20(2)3/h6-7,9-10H,5,8,11H2,1-4H3. The molecular weight excluding hydrogens is 454 g/mol. The van der Waals surface area contributed by atoms with Crippen LogP contribution < -0.4 is 9.47 Å². The number of rotatable bonds is 9. The van der Waals surface area contributed by atoms with Crippen molar-refractivity contribution in [2.45, 2.75) is 25.0 Å². The van der Waals surface area contributed by atoms with Crippen molar-refractivity contribution in [2.24, 2.45) is 0 Å². The van der Waals surface area contributed by atoms with Gasteiger partial charge in [-0.15, -0.1) is 0 Å². The lowest BCUT2D eigenvalue weighted by molar-refractivity contribution is 0.0440. The maximum absolute atomic E-state index is 12.4. The van der Waals surface area contributed by atoms with Crippen molar-refractivity contribution in [1.82, 2.24) is 4.31 Å². The Hall–Kier alpha value is -2.04. The fourth-order valence-electron chi connectivity index (χ4n) is 2.16. The quantitative estimate of drug-likeness (QED) is 0.512. The summed E-state index contributed by atoms with van der Waals surface area (Å²) >= 11 is 3.37. The third kappa shape index (κ3) is 5.06. The van der Waals surface area contributed by atoms with E-state index in [1.165, 1.54) is 39.4 Å². The third-order valence-corrected chi connectivity index (χ3v) is 5.91. The normalized spacial score (nSPS) is 11.5. The molecule has 0 saturated heterocycles. The van der Waals surface area contributed by atoms with E-state index in [9.17, 15) is 13.2 Å². The average Bonchev–Trinajstić information content (AvgIpc) is 3.14. The first-order valence-electron chi connectivity index (χ1n) is 8.39. The summed E-state index contributed by atoms with van der Waals surface area (Å²) in [6.45, 7) is 2.28. The maximum atomic E-state index is 12.4. The van der Waals surface area contributed by atoms with Crippen molar-refractivity contribution < 1.29 is 31.8 Å². The molecule has 0 amide bonds. The van der Waals surface area contributed by atoms with Crippen LogP contribution in [0.3, 0.4) is 0 Å². The minimum absolute atomic E-state index is 0.211. The number of nitrogens with zero attached hydrogens (tertiary/aromatic N) is 1. The average molecular weight is 476 g/mol. The molecule has 2 rings (SSSR count). The minimum Gasteiger partial charge on any atom is -0.493 e. The summed E-state index contributed by atoms with van der Waals surface area (Å²) in [4.78, 5) is 12.4. The Bertz CT molecular complexity index is 937. The van der Waals surface area contributed by atoms with Crippen LogP contribution in [0.5, 0.6) is 11.5 Å². The Morgan fingerprint density at radius 2 is 1.96 bits per heavy atom. The molecular formula is C18H22BrNO7S. The second-order valence-electron chi connectivity index (χ2n) is 5.92. The number of hydrogen-bond acceptors (Lipinski definition) is 7. The molecule has 8 nitrogen and oxygen atoms in total. The van der Waals surface area contributed by atoms with Gasteiger partial charge in [0.2, 0.25) is 5.09 Å². The monoisotopic (exact) mass is 475 g/mol. The molecule has 1 aromatic carbocycles. The smallest absolute Gasteiger partial charge is 0.338 e. The molecule has 0 spiro atoms. The van der Waals surface area contributed by atoms with Crippen molar-refractivity contribution in [1.29, 1.82) is 0 Å². The Morgan fingerprint density at radius 1 is 1.25 bits per heavy atom. The second-order valence-corrected chi connectivity index (χ2v) is 8.86. The highest BCUT2D eigenvalue weighted by Crippen LogP contribution is 2.37. The summed E-state index contributed by atoms with van der Waals surface area (Å²) in [6, 6.07) is 5.85. The van der Waals surface area contributed by atoms with Crippen LogP contribution in [0.2, 0.25) is 0 Å². The minimum atomic E-state index is -3.68.